The van der Waals surface area contributed by atoms with Crippen LogP contribution in [0.1, 0.15) is 33.4 Å². The van der Waals surface area contributed by atoms with Crippen molar-refractivity contribution in [2.24, 2.45) is 0 Å². The molecular formula is C14H18BNO3. The Morgan fingerprint density at radius 3 is 2.37 bits per heavy atom. The van der Waals surface area contributed by atoms with Gasteiger partial charge in [-0.2, -0.15) is 0 Å². The third-order valence-electron chi connectivity index (χ3n) is 3.74. The molecule has 0 amide bonds. The molecule has 0 atom stereocenters. The van der Waals surface area contributed by atoms with Gasteiger partial charge in [-0.25, -0.2) is 0 Å². The lowest BCUT2D eigenvalue weighted by Gasteiger charge is -2.32. The van der Waals surface area contributed by atoms with Crippen molar-refractivity contribution in [2.45, 2.75) is 45.3 Å². The zero-order valence-corrected chi connectivity index (χ0v) is 11.7. The van der Waals surface area contributed by atoms with Gasteiger partial charge in [0.15, 0.2) is 0 Å². The van der Waals surface area contributed by atoms with Gasteiger partial charge in [0.1, 0.15) is 5.75 Å². The molecule has 2 rings (SSSR count). The van der Waals surface area contributed by atoms with Crippen molar-refractivity contribution >= 4 is 12.7 Å². The normalized spacial score (nSPS) is 20.3. The van der Waals surface area contributed by atoms with Crippen LogP contribution in [0, 0.1) is 12.3 Å². The maximum Gasteiger partial charge on any atom is 0.514 e. The molecule has 1 aliphatic heterocycles. The Morgan fingerprint density at radius 2 is 1.84 bits per heavy atom. The number of nitrogens with zero attached hydrogens (tertiary/aromatic N) is 1. The molecule has 0 spiro atoms. The van der Waals surface area contributed by atoms with Gasteiger partial charge in [0.05, 0.1) is 28.9 Å². The van der Waals surface area contributed by atoms with Crippen LogP contribution in [0.2, 0.25) is 0 Å². The molecule has 1 aromatic rings. The lowest BCUT2D eigenvalue weighted by atomic mass is 9.84. The van der Waals surface area contributed by atoms with Gasteiger partial charge in [0.2, 0.25) is 0 Å². The second kappa shape index (κ2) is 4.55. The highest BCUT2D eigenvalue weighted by Crippen LogP contribution is 2.36. The fraction of sp³-hybridized carbons (Fsp3) is 0.500. The predicted octanol–water partition coefficient (Wildman–Crippen LogP) is 1.26. The second-order valence-electron chi connectivity index (χ2n) is 5.67. The first kappa shape index (κ1) is 13.9. The van der Waals surface area contributed by atoms with Crippen LogP contribution in [-0.4, -0.2) is 28.4 Å². The third-order valence-corrected chi connectivity index (χ3v) is 3.74. The molecule has 1 saturated heterocycles. The molecule has 1 aromatic heterocycles. The lowest BCUT2D eigenvalue weighted by molar-refractivity contribution is 0.00578. The van der Waals surface area contributed by atoms with Gasteiger partial charge >= 0.3 is 7.12 Å². The largest absolute Gasteiger partial charge is 0.514 e. The summed E-state index contributed by atoms with van der Waals surface area (Å²) in [7, 11) is -0.540. The smallest absolute Gasteiger partial charge is 0.506 e. The van der Waals surface area contributed by atoms with Crippen LogP contribution in [-0.2, 0) is 15.7 Å². The second-order valence-corrected chi connectivity index (χ2v) is 5.67. The van der Waals surface area contributed by atoms with Gasteiger partial charge in [-0.05, 0) is 39.8 Å². The molecule has 0 saturated carbocycles. The predicted molar refractivity (Wildman–Crippen MR) is 74.2 cm³/mol. The molecule has 0 bridgehead atoms. The summed E-state index contributed by atoms with van der Waals surface area (Å²) in [5.74, 6) is 2.57. The molecular weight excluding hydrogens is 241 g/mol. The summed E-state index contributed by atoms with van der Waals surface area (Å²) in [5.41, 5.74) is 0.268. The van der Waals surface area contributed by atoms with Crippen molar-refractivity contribution in [3.05, 3.63) is 17.8 Å². The zero-order valence-electron chi connectivity index (χ0n) is 11.7. The third kappa shape index (κ3) is 2.47. The maximum atomic E-state index is 9.67. The van der Waals surface area contributed by atoms with Gasteiger partial charge in [-0.1, -0.05) is 0 Å². The summed E-state index contributed by atoms with van der Waals surface area (Å²) in [6.45, 7) is 7.93. The van der Waals surface area contributed by atoms with Gasteiger partial charge < -0.3 is 14.4 Å². The molecule has 2 heterocycles. The van der Waals surface area contributed by atoms with E-state index in [-0.39, 0.29) is 12.2 Å². The molecule has 5 heteroatoms. The average Bonchev–Trinajstić information content (AvgIpc) is 2.51. The van der Waals surface area contributed by atoms with Crippen LogP contribution in [0.4, 0.5) is 0 Å². The molecule has 1 N–H and O–H groups in total. The van der Waals surface area contributed by atoms with Gasteiger partial charge in [0.25, 0.3) is 0 Å². The molecule has 100 valence electrons. The number of aromatic hydroxyl groups is 1. The van der Waals surface area contributed by atoms with Crippen LogP contribution < -0.4 is 5.59 Å². The number of aromatic nitrogens is 1. The van der Waals surface area contributed by atoms with Crippen molar-refractivity contribution in [2.75, 3.05) is 0 Å². The molecule has 4 nitrogen and oxygen atoms in total. The van der Waals surface area contributed by atoms with E-state index in [0.717, 1.165) is 0 Å². The molecule has 1 aliphatic rings. The van der Waals surface area contributed by atoms with E-state index in [1.165, 1.54) is 0 Å². The van der Waals surface area contributed by atoms with Crippen molar-refractivity contribution in [3.63, 3.8) is 0 Å². The molecule has 0 aromatic carbocycles. The van der Waals surface area contributed by atoms with Gasteiger partial charge in [0, 0.05) is 0 Å². The van der Waals surface area contributed by atoms with E-state index < -0.39 is 18.3 Å². The monoisotopic (exact) mass is 259 g/mol. The Kier molecular flexibility index (Phi) is 3.33. The van der Waals surface area contributed by atoms with E-state index in [4.69, 9.17) is 15.7 Å². The topological polar surface area (TPSA) is 51.6 Å². The summed E-state index contributed by atoms with van der Waals surface area (Å²) in [6.07, 6.45) is 5.53. The summed E-state index contributed by atoms with van der Waals surface area (Å²) >= 11 is 0. The standard InChI is InChI=1S/C14H18BNO3/c1-6-7-10-11(17)8-9-12(16-10)15-18-13(2,3)14(4,5)19-15/h1,8-9,17H,7H2,2-5H3. The first-order valence-corrected chi connectivity index (χ1v) is 6.25. The minimum atomic E-state index is -0.540. The van der Waals surface area contributed by atoms with E-state index in [2.05, 4.69) is 10.9 Å². The van der Waals surface area contributed by atoms with Gasteiger partial charge in [-0.3, -0.25) is 4.98 Å². The quantitative estimate of drug-likeness (QED) is 0.641. The summed E-state index contributed by atoms with van der Waals surface area (Å²) in [5, 5.41) is 9.67. The minimum Gasteiger partial charge on any atom is -0.506 e. The SMILES string of the molecule is C#CCc1nc(B2OC(C)(C)C(C)(C)O2)ccc1O. The van der Waals surface area contributed by atoms with Crippen LogP contribution in [0.15, 0.2) is 12.1 Å². The highest BCUT2D eigenvalue weighted by atomic mass is 16.7. The number of rotatable bonds is 2. The fourth-order valence-electron chi connectivity index (χ4n) is 1.83. The van der Waals surface area contributed by atoms with E-state index in [0.29, 0.717) is 11.3 Å². The Labute approximate surface area is 114 Å². The maximum absolute atomic E-state index is 9.67. The molecule has 1 fully saturated rings. The molecule has 0 unspecified atom stereocenters. The molecule has 19 heavy (non-hydrogen) atoms. The Balaban J connectivity index is 2.30. The minimum absolute atomic E-state index is 0.0956. The average molecular weight is 259 g/mol. The van der Waals surface area contributed by atoms with Crippen LogP contribution in [0.3, 0.4) is 0 Å². The van der Waals surface area contributed by atoms with E-state index in [9.17, 15) is 5.11 Å². The fourth-order valence-corrected chi connectivity index (χ4v) is 1.83. The first-order chi connectivity index (χ1) is 8.77. The van der Waals surface area contributed by atoms with Crippen molar-refractivity contribution in [1.82, 2.24) is 4.98 Å². The first-order valence-electron chi connectivity index (χ1n) is 6.25. The van der Waals surface area contributed by atoms with Crippen LogP contribution in [0.5, 0.6) is 5.75 Å². The number of pyridine rings is 1. The zero-order chi connectivity index (χ0) is 14.3. The van der Waals surface area contributed by atoms with E-state index in [1.807, 2.05) is 27.7 Å². The number of terminal acetylenes is 1. The summed E-state index contributed by atoms with van der Waals surface area (Å²) < 4.78 is 11.8. The van der Waals surface area contributed by atoms with Crippen LogP contribution in [0.25, 0.3) is 0 Å². The highest BCUT2D eigenvalue weighted by molar-refractivity contribution is 6.61. The van der Waals surface area contributed by atoms with E-state index in [1.54, 1.807) is 12.1 Å². The lowest BCUT2D eigenvalue weighted by Crippen LogP contribution is -2.41. The molecule has 0 radical (unpaired) electrons. The Hall–Kier alpha value is -1.51. The molecule has 0 aliphatic carbocycles. The summed E-state index contributed by atoms with van der Waals surface area (Å²) in [6, 6.07) is 3.26. The van der Waals surface area contributed by atoms with Crippen LogP contribution >= 0.6 is 0 Å². The van der Waals surface area contributed by atoms with Crippen molar-refractivity contribution in [1.29, 1.82) is 0 Å². The van der Waals surface area contributed by atoms with Crippen molar-refractivity contribution in [3.8, 4) is 18.1 Å². The van der Waals surface area contributed by atoms with Gasteiger partial charge in [-0.15, -0.1) is 12.3 Å². The van der Waals surface area contributed by atoms with E-state index >= 15 is 0 Å². The number of hydrogen-bond acceptors (Lipinski definition) is 4. The number of hydrogen-bond donors (Lipinski definition) is 1. The summed E-state index contributed by atoms with van der Waals surface area (Å²) in [4.78, 5) is 4.33. The highest BCUT2D eigenvalue weighted by Gasteiger charge is 2.52. The van der Waals surface area contributed by atoms with Crippen molar-refractivity contribution < 1.29 is 14.4 Å². The Morgan fingerprint density at radius 1 is 1.26 bits per heavy atom. The Bertz CT molecular complexity index is 518.